The maximum Gasteiger partial charge on any atom is 0.315 e. The van der Waals surface area contributed by atoms with E-state index in [4.69, 9.17) is 10.5 Å². The first-order valence-electron chi connectivity index (χ1n) is 5.23. The maximum atomic E-state index is 11.0. The zero-order chi connectivity index (χ0) is 13.0. The molecule has 0 aliphatic rings. The van der Waals surface area contributed by atoms with Gasteiger partial charge in [-0.3, -0.25) is 10.1 Å². The summed E-state index contributed by atoms with van der Waals surface area (Å²) in [4.78, 5) is 12.3. The number of nitrogens with two attached hydrogens (primary N) is 1. The first-order valence-corrected chi connectivity index (χ1v) is 5.23. The molecule has 1 aromatic rings. The van der Waals surface area contributed by atoms with Gasteiger partial charge in [0.15, 0.2) is 0 Å². The lowest BCUT2D eigenvalue weighted by molar-refractivity contribution is -0.383. The Morgan fingerprint density at radius 3 is 2.76 bits per heavy atom. The topological polar surface area (TPSA) is 81.6 Å². The van der Waals surface area contributed by atoms with Crippen LogP contribution in [0.2, 0.25) is 0 Å². The largest absolute Gasteiger partial charge is 0.393 e. The van der Waals surface area contributed by atoms with Crippen molar-refractivity contribution in [3.05, 3.63) is 28.3 Å². The van der Waals surface area contributed by atoms with Crippen molar-refractivity contribution in [3.8, 4) is 0 Å². The molecule has 0 bridgehead atoms. The molecule has 94 valence electrons. The van der Waals surface area contributed by atoms with Crippen LogP contribution in [0.25, 0.3) is 0 Å². The number of ether oxygens (including phenoxy) is 1. The van der Waals surface area contributed by atoms with Crippen molar-refractivity contribution in [2.75, 3.05) is 31.4 Å². The highest BCUT2D eigenvalue weighted by Crippen LogP contribution is 2.33. The number of methoxy groups -OCH3 is 1. The number of para-hydroxylation sites is 1. The van der Waals surface area contributed by atoms with Crippen LogP contribution in [0.15, 0.2) is 18.2 Å². The molecule has 0 saturated heterocycles. The Hall–Kier alpha value is -1.82. The molecular formula is C11H17N3O3. The molecule has 6 heteroatoms. The van der Waals surface area contributed by atoms with Gasteiger partial charge in [-0.05, 0) is 19.1 Å². The van der Waals surface area contributed by atoms with Crippen LogP contribution < -0.4 is 10.6 Å². The van der Waals surface area contributed by atoms with E-state index in [2.05, 4.69) is 0 Å². The quantitative estimate of drug-likeness (QED) is 0.480. The van der Waals surface area contributed by atoms with Crippen molar-refractivity contribution in [1.82, 2.24) is 0 Å². The summed E-state index contributed by atoms with van der Waals surface area (Å²) in [5.41, 5.74) is 6.25. The Morgan fingerprint density at radius 2 is 2.24 bits per heavy atom. The van der Waals surface area contributed by atoms with Gasteiger partial charge in [-0.15, -0.1) is 0 Å². The van der Waals surface area contributed by atoms with Crippen molar-refractivity contribution >= 4 is 17.1 Å². The summed E-state index contributed by atoms with van der Waals surface area (Å²) >= 11 is 0. The van der Waals surface area contributed by atoms with Gasteiger partial charge in [0.2, 0.25) is 0 Å². The summed E-state index contributed by atoms with van der Waals surface area (Å²) in [6.07, 6.45) is 0. The molecule has 1 rings (SSSR count). The zero-order valence-corrected chi connectivity index (χ0v) is 10.2. The Labute approximate surface area is 100 Å². The number of likely N-dealkylation sites (N-methyl/N-ethyl adjacent to an activating group) is 1. The van der Waals surface area contributed by atoms with Gasteiger partial charge in [-0.25, -0.2) is 0 Å². The average Bonchev–Trinajstić information content (AvgIpc) is 2.27. The minimum absolute atomic E-state index is 0.0282. The SMILES string of the molecule is COCC(C)N(C)c1cccc(N)c1[N+](=O)[O-]. The van der Waals surface area contributed by atoms with Gasteiger partial charge in [-0.2, -0.15) is 0 Å². The second-order valence-electron chi connectivity index (χ2n) is 3.89. The van der Waals surface area contributed by atoms with Gasteiger partial charge in [0.25, 0.3) is 0 Å². The van der Waals surface area contributed by atoms with E-state index in [9.17, 15) is 10.1 Å². The Bertz CT molecular complexity index is 409. The van der Waals surface area contributed by atoms with Crippen LogP contribution >= 0.6 is 0 Å². The van der Waals surface area contributed by atoms with Crippen LogP contribution in [0, 0.1) is 10.1 Å². The van der Waals surface area contributed by atoms with Crippen LogP contribution in [0.4, 0.5) is 17.1 Å². The van der Waals surface area contributed by atoms with Gasteiger partial charge < -0.3 is 15.4 Å². The highest BCUT2D eigenvalue weighted by atomic mass is 16.6. The molecular weight excluding hydrogens is 222 g/mol. The van der Waals surface area contributed by atoms with Crippen molar-refractivity contribution in [3.63, 3.8) is 0 Å². The molecule has 0 aliphatic heterocycles. The molecule has 6 nitrogen and oxygen atoms in total. The Kier molecular flexibility index (Phi) is 4.28. The van der Waals surface area contributed by atoms with Crippen molar-refractivity contribution in [2.45, 2.75) is 13.0 Å². The molecule has 0 heterocycles. The third-order valence-corrected chi connectivity index (χ3v) is 2.68. The maximum absolute atomic E-state index is 11.0. The monoisotopic (exact) mass is 239 g/mol. The first-order chi connectivity index (χ1) is 7.99. The minimum atomic E-state index is -0.458. The molecule has 1 unspecified atom stereocenters. The number of hydrogen-bond donors (Lipinski definition) is 1. The summed E-state index contributed by atoms with van der Waals surface area (Å²) in [5, 5.41) is 11.0. The third kappa shape index (κ3) is 2.85. The molecule has 0 aromatic heterocycles. The van der Waals surface area contributed by atoms with Crippen LogP contribution in [-0.2, 0) is 4.74 Å². The first kappa shape index (κ1) is 13.2. The molecule has 0 radical (unpaired) electrons. The van der Waals surface area contributed by atoms with E-state index in [1.807, 2.05) is 6.92 Å². The molecule has 17 heavy (non-hydrogen) atoms. The fourth-order valence-electron chi connectivity index (χ4n) is 1.62. The smallest absolute Gasteiger partial charge is 0.315 e. The van der Waals surface area contributed by atoms with Crippen LogP contribution in [0.5, 0.6) is 0 Å². The number of nitrogens with zero attached hydrogens (tertiary/aromatic N) is 2. The van der Waals surface area contributed by atoms with Gasteiger partial charge in [0.05, 0.1) is 11.5 Å². The van der Waals surface area contributed by atoms with Gasteiger partial charge in [0, 0.05) is 20.2 Å². The lowest BCUT2D eigenvalue weighted by atomic mass is 10.2. The molecule has 0 saturated carbocycles. The summed E-state index contributed by atoms with van der Waals surface area (Å²) in [7, 11) is 3.38. The van der Waals surface area contributed by atoms with E-state index in [0.29, 0.717) is 12.3 Å². The summed E-state index contributed by atoms with van der Waals surface area (Å²) in [5.74, 6) is 0. The van der Waals surface area contributed by atoms with E-state index in [-0.39, 0.29) is 17.4 Å². The normalized spacial score (nSPS) is 12.2. The summed E-state index contributed by atoms with van der Waals surface area (Å²) < 4.78 is 5.03. The van der Waals surface area contributed by atoms with Gasteiger partial charge in [0.1, 0.15) is 11.4 Å². The molecule has 0 amide bonds. The molecule has 0 spiro atoms. The molecule has 0 aliphatic carbocycles. The fourth-order valence-corrected chi connectivity index (χ4v) is 1.62. The fraction of sp³-hybridized carbons (Fsp3) is 0.455. The number of anilines is 2. The Morgan fingerprint density at radius 1 is 1.59 bits per heavy atom. The predicted molar refractivity (Wildman–Crippen MR) is 67.2 cm³/mol. The third-order valence-electron chi connectivity index (χ3n) is 2.68. The van der Waals surface area contributed by atoms with E-state index in [1.165, 1.54) is 6.07 Å². The number of nitro benzene ring substituents is 1. The predicted octanol–water partition coefficient (Wildman–Crippen LogP) is 1.65. The average molecular weight is 239 g/mol. The lowest BCUT2D eigenvalue weighted by Crippen LogP contribution is -2.33. The number of hydrogen-bond acceptors (Lipinski definition) is 5. The molecule has 1 atom stereocenters. The van der Waals surface area contributed by atoms with Crippen molar-refractivity contribution in [1.29, 1.82) is 0 Å². The number of nitro groups is 1. The molecule has 2 N–H and O–H groups in total. The number of nitrogen functional groups attached to an aromatic ring is 1. The lowest BCUT2D eigenvalue weighted by Gasteiger charge is -2.26. The van der Waals surface area contributed by atoms with Crippen LogP contribution in [0.3, 0.4) is 0 Å². The zero-order valence-electron chi connectivity index (χ0n) is 10.2. The minimum Gasteiger partial charge on any atom is -0.393 e. The second-order valence-corrected chi connectivity index (χ2v) is 3.89. The van der Waals surface area contributed by atoms with Gasteiger partial charge in [-0.1, -0.05) is 6.07 Å². The molecule has 0 fully saturated rings. The number of benzene rings is 1. The number of rotatable bonds is 5. The highest BCUT2D eigenvalue weighted by Gasteiger charge is 2.22. The van der Waals surface area contributed by atoms with Crippen LogP contribution in [-0.4, -0.2) is 31.7 Å². The van der Waals surface area contributed by atoms with Crippen molar-refractivity contribution < 1.29 is 9.66 Å². The summed E-state index contributed by atoms with van der Waals surface area (Å²) in [6, 6.07) is 4.94. The van der Waals surface area contributed by atoms with Gasteiger partial charge >= 0.3 is 5.69 Å². The Balaban J connectivity index is 3.13. The van der Waals surface area contributed by atoms with E-state index in [1.54, 1.807) is 31.2 Å². The summed E-state index contributed by atoms with van der Waals surface area (Å²) in [6.45, 7) is 2.42. The van der Waals surface area contributed by atoms with E-state index < -0.39 is 4.92 Å². The van der Waals surface area contributed by atoms with E-state index in [0.717, 1.165) is 0 Å². The van der Waals surface area contributed by atoms with Crippen molar-refractivity contribution in [2.24, 2.45) is 0 Å². The highest BCUT2D eigenvalue weighted by molar-refractivity contribution is 5.75. The van der Waals surface area contributed by atoms with E-state index >= 15 is 0 Å². The standard InChI is InChI=1S/C11H17N3O3/c1-8(7-17-3)13(2)10-6-4-5-9(12)11(10)14(15)16/h4-6,8H,7,12H2,1-3H3. The van der Waals surface area contributed by atoms with Crippen LogP contribution in [0.1, 0.15) is 6.92 Å². The molecule has 1 aromatic carbocycles. The second kappa shape index (κ2) is 5.49.